The smallest absolute Gasteiger partial charge is 0.265 e. The third-order valence-corrected chi connectivity index (χ3v) is 7.90. The summed E-state index contributed by atoms with van der Waals surface area (Å²) in [6.45, 7) is 2.80. The Bertz CT molecular complexity index is 659. The van der Waals surface area contributed by atoms with E-state index in [1.165, 1.54) is 0 Å². The predicted octanol–water partition coefficient (Wildman–Crippen LogP) is 1.81. The SMILES string of the molecule is CC1CCC[C@@](CN)(CS(=O)(=O)O)C1.NCC1(CS(=O)(=O)O)CCCCC1. The minimum atomic E-state index is -3.90. The van der Waals surface area contributed by atoms with Gasteiger partial charge in [-0.2, -0.15) is 16.8 Å². The molecular formula is C17H36N2O6S2. The molecule has 0 aromatic carbocycles. The van der Waals surface area contributed by atoms with Gasteiger partial charge in [0.15, 0.2) is 0 Å². The molecule has 6 N–H and O–H groups in total. The van der Waals surface area contributed by atoms with Crippen molar-refractivity contribution in [2.45, 2.75) is 64.7 Å². The molecule has 2 rings (SSSR count). The molecule has 0 radical (unpaired) electrons. The molecule has 162 valence electrons. The summed E-state index contributed by atoms with van der Waals surface area (Å²) >= 11 is 0. The summed E-state index contributed by atoms with van der Waals surface area (Å²) in [7, 11) is -7.77. The molecule has 0 aliphatic heterocycles. The second-order valence-corrected chi connectivity index (χ2v) is 11.5. The van der Waals surface area contributed by atoms with Crippen molar-refractivity contribution in [3.63, 3.8) is 0 Å². The van der Waals surface area contributed by atoms with E-state index < -0.39 is 20.2 Å². The maximum Gasteiger partial charge on any atom is 0.265 e. The Kier molecular flexibility index (Phi) is 9.15. The van der Waals surface area contributed by atoms with Crippen LogP contribution in [0.2, 0.25) is 0 Å². The number of hydrogen-bond donors (Lipinski definition) is 4. The van der Waals surface area contributed by atoms with Gasteiger partial charge in [-0.25, -0.2) is 0 Å². The fourth-order valence-electron chi connectivity index (χ4n) is 4.63. The van der Waals surface area contributed by atoms with Crippen LogP contribution in [-0.4, -0.2) is 50.5 Å². The summed E-state index contributed by atoms with van der Waals surface area (Å²) in [6.07, 6.45) is 8.59. The molecule has 2 aliphatic carbocycles. The van der Waals surface area contributed by atoms with E-state index in [4.69, 9.17) is 20.6 Å². The summed E-state index contributed by atoms with van der Waals surface area (Å²) in [5.41, 5.74) is 10.5. The average Bonchev–Trinajstić information content (AvgIpc) is 2.53. The third kappa shape index (κ3) is 9.19. The van der Waals surface area contributed by atoms with Gasteiger partial charge in [0, 0.05) is 0 Å². The van der Waals surface area contributed by atoms with Crippen LogP contribution in [0.3, 0.4) is 0 Å². The van der Waals surface area contributed by atoms with Gasteiger partial charge in [-0.1, -0.05) is 39.0 Å². The van der Waals surface area contributed by atoms with Gasteiger partial charge >= 0.3 is 0 Å². The van der Waals surface area contributed by atoms with Crippen molar-refractivity contribution >= 4 is 20.2 Å². The van der Waals surface area contributed by atoms with Gasteiger partial charge in [0.25, 0.3) is 20.2 Å². The second kappa shape index (κ2) is 9.98. The molecule has 10 heteroatoms. The van der Waals surface area contributed by atoms with E-state index in [9.17, 15) is 16.8 Å². The van der Waals surface area contributed by atoms with Crippen LogP contribution in [0.1, 0.15) is 64.7 Å². The molecule has 0 aromatic heterocycles. The van der Waals surface area contributed by atoms with Crippen LogP contribution in [-0.2, 0) is 20.2 Å². The molecule has 27 heavy (non-hydrogen) atoms. The first kappa shape index (κ1) is 24.8. The molecule has 2 aliphatic rings. The lowest BCUT2D eigenvalue weighted by atomic mass is 9.71. The van der Waals surface area contributed by atoms with Gasteiger partial charge in [0.2, 0.25) is 0 Å². The lowest BCUT2D eigenvalue weighted by Gasteiger charge is -2.38. The Morgan fingerprint density at radius 1 is 0.815 bits per heavy atom. The Morgan fingerprint density at radius 3 is 1.67 bits per heavy atom. The van der Waals surface area contributed by atoms with Crippen LogP contribution < -0.4 is 11.5 Å². The summed E-state index contributed by atoms with van der Waals surface area (Å²) in [6, 6.07) is 0. The van der Waals surface area contributed by atoms with Gasteiger partial charge in [-0.15, -0.1) is 0 Å². The highest BCUT2D eigenvalue weighted by molar-refractivity contribution is 7.86. The topological polar surface area (TPSA) is 161 Å². The zero-order chi connectivity index (χ0) is 20.8. The van der Waals surface area contributed by atoms with E-state index in [0.29, 0.717) is 19.0 Å². The van der Waals surface area contributed by atoms with Gasteiger partial charge in [0.1, 0.15) is 0 Å². The van der Waals surface area contributed by atoms with Crippen LogP contribution in [0.15, 0.2) is 0 Å². The van der Waals surface area contributed by atoms with E-state index in [1.807, 2.05) is 0 Å². The van der Waals surface area contributed by atoms with Crippen molar-refractivity contribution in [3.8, 4) is 0 Å². The number of nitrogens with two attached hydrogens (primary N) is 2. The van der Waals surface area contributed by atoms with E-state index >= 15 is 0 Å². The van der Waals surface area contributed by atoms with Crippen molar-refractivity contribution in [1.82, 2.24) is 0 Å². The fraction of sp³-hybridized carbons (Fsp3) is 1.00. The van der Waals surface area contributed by atoms with Gasteiger partial charge in [-0.05, 0) is 55.5 Å². The van der Waals surface area contributed by atoms with Crippen molar-refractivity contribution in [3.05, 3.63) is 0 Å². The highest BCUT2D eigenvalue weighted by Gasteiger charge is 2.37. The Morgan fingerprint density at radius 2 is 1.26 bits per heavy atom. The highest BCUT2D eigenvalue weighted by atomic mass is 32.2. The lowest BCUT2D eigenvalue weighted by molar-refractivity contribution is 0.177. The average molecular weight is 429 g/mol. The largest absolute Gasteiger partial charge is 0.330 e. The zero-order valence-electron chi connectivity index (χ0n) is 16.3. The monoisotopic (exact) mass is 428 g/mol. The third-order valence-electron chi connectivity index (χ3n) is 5.94. The number of rotatable bonds is 6. The molecule has 2 fully saturated rings. The molecule has 0 heterocycles. The van der Waals surface area contributed by atoms with Crippen molar-refractivity contribution in [2.24, 2.45) is 28.2 Å². The standard InChI is InChI=1S/C9H19NO3S.C8H17NO3S/c1-8-3-2-4-9(5-8,6-10)7-14(11,12)13;9-6-8(7-13(10,11)12)4-2-1-3-5-8/h8H,2-7,10H2,1H3,(H,11,12,13);1-7,9H2,(H,10,11,12)/t8?,9-;/m1./s1. The minimum absolute atomic E-state index is 0.170. The summed E-state index contributed by atoms with van der Waals surface area (Å²) < 4.78 is 60.9. The van der Waals surface area contributed by atoms with Crippen molar-refractivity contribution < 1.29 is 25.9 Å². The second-order valence-electron chi connectivity index (χ2n) is 8.62. The Balaban J connectivity index is 0.000000271. The normalized spacial score (nSPS) is 28.9. The first-order valence-corrected chi connectivity index (χ1v) is 12.9. The molecular weight excluding hydrogens is 392 g/mol. The molecule has 0 aromatic rings. The van der Waals surface area contributed by atoms with Gasteiger partial charge in [0.05, 0.1) is 11.5 Å². The molecule has 0 saturated heterocycles. The predicted molar refractivity (Wildman–Crippen MR) is 107 cm³/mol. The van der Waals surface area contributed by atoms with Crippen LogP contribution >= 0.6 is 0 Å². The first-order chi connectivity index (χ1) is 12.3. The Labute approximate surface area is 164 Å². The summed E-state index contributed by atoms with van der Waals surface area (Å²) in [5, 5.41) is 0. The molecule has 0 spiro atoms. The van der Waals surface area contributed by atoms with Gasteiger partial charge < -0.3 is 11.5 Å². The van der Waals surface area contributed by atoms with E-state index in [-0.39, 0.29) is 22.3 Å². The number of hydrogen-bond acceptors (Lipinski definition) is 6. The van der Waals surface area contributed by atoms with E-state index in [1.54, 1.807) is 0 Å². The van der Waals surface area contributed by atoms with E-state index in [0.717, 1.165) is 57.8 Å². The minimum Gasteiger partial charge on any atom is -0.330 e. The maximum absolute atomic E-state index is 10.9. The lowest BCUT2D eigenvalue weighted by Crippen LogP contribution is -2.41. The van der Waals surface area contributed by atoms with Crippen LogP contribution in [0.5, 0.6) is 0 Å². The van der Waals surface area contributed by atoms with E-state index in [2.05, 4.69) is 6.92 Å². The molecule has 0 bridgehead atoms. The van der Waals surface area contributed by atoms with Crippen LogP contribution in [0, 0.1) is 16.7 Å². The van der Waals surface area contributed by atoms with Crippen LogP contribution in [0.4, 0.5) is 0 Å². The maximum atomic E-state index is 10.9. The fourth-order valence-corrected chi connectivity index (χ4v) is 6.96. The Hall–Kier alpha value is -0.260. The van der Waals surface area contributed by atoms with Gasteiger partial charge in [-0.3, -0.25) is 9.11 Å². The molecule has 1 unspecified atom stereocenters. The van der Waals surface area contributed by atoms with Crippen LogP contribution in [0.25, 0.3) is 0 Å². The summed E-state index contributed by atoms with van der Waals surface area (Å²) in [4.78, 5) is 0. The molecule has 2 atom stereocenters. The molecule has 2 saturated carbocycles. The van der Waals surface area contributed by atoms with Crippen molar-refractivity contribution in [2.75, 3.05) is 24.6 Å². The first-order valence-electron chi connectivity index (χ1n) is 9.65. The zero-order valence-corrected chi connectivity index (χ0v) is 17.9. The highest BCUT2D eigenvalue weighted by Crippen LogP contribution is 2.39. The van der Waals surface area contributed by atoms with Crippen molar-refractivity contribution in [1.29, 1.82) is 0 Å². The summed E-state index contributed by atoms with van der Waals surface area (Å²) in [5.74, 6) is 0.159. The quantitative estimate of drug-likeness (QED) is 0.466. The molecule has 0 amide bonds. The molecule has 8 nitrogen and oxygen atoms in total.